The first-order valence-corrected chi connectivity index (χ1v) is 8.15. The van der Waals surface area contributed by atoms with E-state index in [-0.39, 0.29) is 0 Å². The highest BCUT2D eigenvalue weighted by atomic mass is 15.2. The lowest BCUT2D eigenvalue weighted by Gasteiger charge is -2.37. The molecule has 106 valence electrons. The first-order valence-electron chi connectivity index (χ1n) is 8.15. The monoisotopic (exact) mass is 252 g/mol. The normalized spacial score (nSPS) is 29.8. The van der Waals surface area contributed by atoms with Gasteiger partial charge in [0.05, 0.1) is 0 Å². The third-order valence-corrected chi connectivity index (χ3v) is 4.76. The molecule has 2 heteroatoms. The van der Waals surface area contributed by atoms with Crippen molar-refractivity contribution in [2.75, 3.05) is 13.6 Å². The standard InChI is InChI=1S/C16H32N2/c1-13(2)11-12-18(14-9-10-14)16-8-6-4-5-7-15(16)17-3/h13-17H,4-12H2,1-3H3. The molecule has 0 aromatic rings. The van der Waals surface area contributed by atoms with Crippen LogP contribution in [0.3, 0.4) is 0 Å². The van der Waals surface area contributed by atoms with Crippen LogP contribution < -0.4 is 5.32 Å². The van der Waals surface area contributed by atoms with E-state index in [2.05, 4.69) is 31.1 Å². The molecule has 0 saturated heterocycles. The van der Waals surface area contributed by atoms with Crippen LogP contribution in [-0.2, 0) is 0 Å². The number of hydrogen-bond acceptors (Lipinski definition) is 2. The second-order valence-corrected chi connectivity index (χ2v) is 6.75. The Kier molecular flexibility index (Phi) is 5.50. The molecule has 0 aromatic heterocycles. The Morgan fingerprint density at radius 1 is 1.06 bits per heavy atom. The van der Waals surface area contributed by atoms with Crippen molar-refractivity contribution in [3.8, 4) is 0 Å². The van der Waals surface area contributed by atoms with Gasteiger partial charge in [0.15, 0.2) is 0 Å². The van der Waals surface area contributed by atoms with E-state index in [1.165, 1.54) is 57.9 Å². The summed E-state index contributed by atoms with van der Waals surface area (Å²) in [5.74, 6) is 0.838. The van der Waals surface area contributed by atoms with E-state index in [1.807, 2.05) is 0 Å². The molecule has 1 N–H and O–H groups in total. The van der Waals surface area contributed by atoms with E-state index in [4.69, 9.17) is 0 Å². The molecule has 0 heterocycles. The van der Waals surface area contributed by atoms with Gasteiger partial charge >= 0.3 is 0 Å². The van der Waals surface area contributed by atoms with Crippen molar-refractivity contribution in [2.45, 2.75) is 83.3 Å². The zero-order valence-electron chi connectivity index (χ0n) is 12.6. The largest absolute Gasteiger partial charge is 0.315 e. The number of hydrogen-bond donors (Lipinski definition) is 1. The Hall–Kier alpha value is -0.0800. The Labute approximate surface area is 114 Å². The van der Waals surface area contributed by atoms with E-state index in [1.54, 1.807) is 0 Å². The molecular formula is C16H32N2. The quantitative estimate of drug-likeness (QED) is 0.729. The van der Waals surface area contributed by atoms with Gasteiger partial charge in [-0.25, -0.2) is 0 Å². The van der Waals surface area contributed by atoms with Gasteiger partial charge in [-0.3, -0.25) is 4.90 Å². The summed E-state index contributed by atoms with van der Waals surface area (Å²) in [6.45, 7) is 6.03. The predicted octanol–water partition coefficient (Wildman–Crippen LogP) is 3.42. The predicted molar refractivity (Wildman–Crippen MR) is 78.9 cm³/mol. The Bertz CT molecular complexity index is 235. The topological polar surface area (TPSA) is 15.3 Å². The van der Waals surface area contributed by atoms with Crippen LogP contribution in [0.4, 0.5) is 0 Å². The molecule has 0 radical (unpaired) electrons. The van der Waals surface area contributed by atoms with Crippen LogP contribution >= 0.6 is 0 Å². The maximum atomic E-state index is 3.60. The molecule has 2 saturated carbocycles. The van der Waals surface area contributed by atoms with Gasteiger partial charge < -0.3 is 5.32 Å². The van der Waals surface area contributed by atoms with Crippen molar-refractivity contribution in [1.29, 1.82) is 0 Å². The lowest BCUT2D eigenvalue weighted by molar-refractivity contribution is 0.135. The van der Waals surface area contributed by atoms with E-state index >= 15 is 0 Å². The second kappa shape index (κ2) is 6.91. The minimum Gasteiger partial charge on any atom is -0.315 e. The summed E-state index contributed by atoms with van der Waals surface area (Å²) < 4.78 is 0. The fourth-order valence-electron chi connectivity index (χ4n) is 3.45. The van der Waals surface area contributed by atoms with Crippen LogP contribution in [0.5, 0.6) is 0 Å². The Balaban J connectivity index is 1.97. The van der Waals surface area contributed by atoms with Gasteiger partial charge in [0.25, 0.3) is 0 Å². The SMILES string of the molecule is CNC1CCCCCC1N(CCC(C)C)C1CC1. The summed E-state index contributed by atoms with van der Waals surface area (Å²) in [4.78, 5) is 2.87. The van der Waals surface area contributed by atoms with Crippen molar-refractivity contribution >= 4 is 0 Å². The van der Waals surface area contributed by atoms with Crippen LogP contribution in [0, 0.1) is 5.92 Å². The molecule has 2 atom stereocenters. The average molecular weight is 252 g/mol. The third-order valence-electron chi connectivity index (χ3n) is 4.76. The summed E-state index contributed by atoms with van der Waals surface area (Å²) >= 11 is 0. The van der Waals surface area contributed by atoms with Crippen molar-refractivity contribution < 1.29 is 0 Å². The van der Waals surface area contributed by atoms with Crippen molar-refractivity contribution in [3.05, 3.63) is 0 Å². The highest BCUT2D eigenvalue weighted by molar-refractivity contribution is 4.94. The van der Waals surface area contributed by atoms with Gasteiger partial charge in [0, 0.05) is 18.1 Å². The molecule has 2 unspecified atom stereocenters. The number of rotatable bonds is 6. The first kappa shape index (κ1) is 14.3. The van der Waals surface area contributed by atoms with Crippen LogP contribution in [-0.4, -0.2) is 36.6 Å². The fraction of sp³-hybridized carbons (Fsp3) is 1.00. The maximum Gasteiger partial charge on any atom is 0.0252 e. The van der Waals surface area contributed by atoms with Gasteiger partial charge in [-0.1, -0.05) is 33.1 Å². The number of likely N-dealkylation sites (N-methyl/N-ethyl adjacent to an activating group) is 1. The number of nitrogens with zero attached hydrogens (tertiary/aromatic N) is 1. The van der Waals surface area contributed by atoms with Gasteiger partial charge in [0.2, 0.25) is 0 Å². The van der Waals surface area contributed by atoms with Crippen molar-refractivity contribution in [2.24, 2.45) is 5.92 Å². The first-order chi connectivity index (χ1) is 8.72. The molecule has 0 amide bonds. The van der Waals surface area contributed by atoms with Crippen LogP contribution in [0.15, 0.2) is 0 Å². The minimum atomic E-state index is 0.736. The van der Waals surface area contributed by atoms with Crippen molar-refractivity contribution in [3.63, 3.8) is 0 Å². The minimum absolute atomic E-state index is 0.736. The van der Waals surface area contributed by atoms with Crippen LogP contribution in [0.25, 0.3) is 0 Å². The summed E-state index contributed by atoms with van der Waals surface area (Å²) in [5.41, 5.74) is 0. The summed E-state index contributed by atoms with van der Waals surface area (Å²) in [5, 5.41) is 3.60. The average Bonchev–Trinajstić information content (AvgIpc) is 3.15. The highest BCUT2D eigenvalue weighted by Crippen LogP contribution is 2.33. The van der Waals surface area contributed by atoms with E-state index < -0.39 is 0 Å². The molecule has 0 spiro atoms. The molecule has 2 aliphatic rings. The molecule has 18 heavy (non-hydrogen) atoms. The molecule has 0 aliphatic heterocycles. The van der Waals surface area contributed by atoms with Crippen LogP contribution in [0.2, 0.25) is 0 Å². The molecule has 0 aromatic carbocycles. The second-order valence-electron chi connectivity index (χ2n) is 6.75. The van der Waals surface area contributed by atoms with Gasteiger partial charge in [-0.15, -0.1) is 0 Å². The summed E-state index contributed by atoms with van der Waals surface area (Å²) in [6.07, 6.45) is 11.4. The maximum absolute atomic E-state index is 3.60. The summed E-state index contributed by atoms with van der Waals surface area (Å²) in [6, 6.07) is 2.46. The smallest absolute Gasteiger partial charge is 0.0252 e. The third kappa shape index (κ3) is 3.96. The van der Waals surface area contributed by atoms with Crippen molar-refractivity contribution in [1.82, 2.24) is 10.2 Å². The molecule has 2 fully saturated rings. The highest BCUT2D eigenvalue weighted by Gasteiger charge is 2.37. The number of nitrogens with one attached hydrogen (secondary N) is 1. The van der Waals surface area contributed by atoms with Gasteiger partial charge in [-0.2, -0.15) is 0 Å². The van der Waals surface area contributed by atoms with Crippen LogP contribution in [0.1, 0.15) is 65.2 Å². The molecule has 0 bridgehead atoms. The van der Waals surface area contributed by atoms with E-state index in [9.17, 15) is 0 Å². The lowest BCUT2D eigenvalue weighted by Crippen LogP contribution is -2.50. The van der Waals surface area contributed by atoms with E-state index in [0.29, 0.717) is 0 Å². The fourth-order valence-corrected chi connectivity index (χ4v) is 3.45. The molecule has 2 rings (SSSR count). The Morgan fingerprint density at radius 3 is 2.39 bits per heavy atom. The molecule has 2 aliphatic carbocycles. The lowest BCUT2D eigenvalue weighted by atomic mass is 9.99. The zero-order chi connectivity index (χ0) is 13.0. The zero-order valence-corrected chi connectivity index (χ0v) is 12.6. The van der Waals surface area contributed by atoms with Gasteiger partial charge in [-0.05, 0) is 51.6 Å². The molecular weight excluding hydrogens is 220 g/mol. The van der Waals surface area contributed by atoms with E-state index in [0.717, 1.165) is 24.0 Å². The molecule has 2 nitrogen and oxygen atoms in total. The summed E-state index contributed by atoms with van der Waals surface area (Å²) in [7, 11) is 2.16. The van der Waals surface area contributed by atoms with Gasteiger partial charge in [0.1, 0.15) is 0 Å². The Morgan fingerprint density at radius 2 is 1.78 bits per heavy atom.